The predicted molar refractivity (Wildman–Crippen MR) is 71.9 cm³/mol. The lowest BCUT2D eigenvalue weighted by Gasteiger charge is -2.36. The molecule has 1 rings (SSSR count). The van der Waals surface area contributed by atoms with E-state index in [0.717, 1.165) is 25.9 Å². The maximum absolute atomic E-state index is 12.3. The van der Waals surface area contributed by atoms with E-state index < -0.39 is 5.97 Å². The minimum atomic E-state index is -0.879. The molecule has 0 spiro atoms. The molecule has 19 heavy (non-hydrogen) atoms. The van der Waals surface area contributed by atoms with Gasteiger partial charge < -0.3 is 14.7 Å². The van der Waals surface area contributed by atoms with Gasteiger partial charge in [0.05, 0.1) is 18.9 Å². The minimum Gasteiger partial charge on any atom is -0.481 e. The molecule has 1 saturated heterocycles. The molecule has 0 aromatic rings. The lowest BCUT2D eigenvalue weighted by Crippen LogP contribution is -2.47. The largest absolute Gasteiger partial charge is 0.481 e. The molecule has 5 heteroatoms. The van der Waals surface area contributed by atoms with Crippen molar-refractivity contribution in [3.05, 3.63) is 0 Å². The van der Waals surface area contributed by atoms with E-state index in [9.17, 15) is 9.59 Å². The molecule has 5 nitrogen and oxygen atoms in total. The summed E-state index contributed by atoms with van der Waals surface area (Å²) in [6.45, 7) is 6.75. The fourth-order valence-electron chi connectivity index (χ4n) is 2.32. The van der Waals surface area contributed by atoms with E-state index >= 15 is 0 Å². The standard InChI is InChI=1S/C14H25NO4/c1-14(2,3)15(8-7-13(17)18)12(16)10-11-6-4-5-9-19-11/h11H,4-10H2,1-3H3,(H,17,18). The maximum Gasteiger partial charge on any atom is 0.305 e. The highest BCUT2D eigenvalue weighted by Crippen LogP contribution is 2.20. The van der Waals surface area contributed by atoms with Crippen LogP contribution in [0.2, 0.25) is 0 Å². The van der Waals surface area contributed by atoms with Crippen molar-refractivity contribution in [3.8, 4) is 0 Å². The normalized spacial score (nSPS) is 20.1. The van der Waals surface area contributed by atoms with Gasteiger partial charge in [0.1, 0.15) is 0 Å². The molecule has 1 heterocycles. The molecule has 1 aliphatic rings. The molecule has 0 saturated carbocycles. The molecule has 1 N–H and O–H groups in total. The maximum atomic E-state index is 12.3. The zero-order chi connectivity index (χ0) is 14.5. The second kappa shape index (κ2) is 6.89. The highest BCUT2D eigenvalue weighted by Gasteiger charge is 2.29. The Hall–Kier alpha value is -1.10. The number of hydrogen-bond acceptors (Lipinski definition) is 3. The third-order valence-corrected chi connectivity index (χ3v) is 3.34. The first kappa shape index (κ1) is 16.0. The van der Waals surface area contributed by atoms with Gasteiger partial charge in [-0.3, -0.25) is 9.59 Å². The number of rotatable bonds is 5. The Bertz CT molecular complexity index is 316. The van der Waals surface area contributed by atoms with Gasteiger partial charge in [0, 0.05) is 18.7 Å². The van der Waals surface area contributed by atoms with Crippen LogP contribution in [0.5, 0.6) is 0 Å². The van der Waals surface area contributed by atoms with Gasteiger partial charge in [-0.1, -0.05) is 0 Å². The first-order valence-corrected chi connectivity index (χ1v) is 6.94. The summed E-state index contributed by atoms with van der Waals surface area (Å²) in [5.74, 6) is -0.892. The molecule has 1 fully saturated rings. The first-order chi connectivity index (χ1) is 8.80. The quantitative estimate of drug-likeness (QED) is 0.831. The van der Waals surface area contributed by atoms with Gasteiger partial charge in [0.2, 0.25) is 5.91 Å². The molecule has 1 amide bonds. The average molecular weight is 271 g/mol. The van der Waals surface area contributed by atoms with Crippen molar-refractivity contribution in [1.29, 1.82) is 0 Å². The topological polar surface area (TPSA) is 66.8 Å². The third-order valence-electron chi connectivity index (χ3n) is 3.34. The Kier molecular flexibility index (Phi) is 5.79. The summed E-state index contributed by atoms with van der Waals surface area (Å²) < 4.78 is 5.57. The molecule has 0 aliphatic carbocycles. The van der Waals surface area contributed by atoms with Crippen LogP contribution in [0.15, 0.2) is 0 Å². The van der Waals surface area contributed by atoms with Gasteiger partial charge in [-0.25, -0.2) is 0 Å². The number of amides is 1. The summed E-state index contributed by atoms with van der Waals surface area (Å²) in [6, 6.07) is 0. The number of nitrogens with zero attached hydrogens (tertiary/aromatic N) is 1. The number of carbonyl (C=O) groups excluding carboxylic acids is 1. The number of ether oxygens (including phenoxy) is 1. The molecule has 0 bridgehead atoms. The molecule has 110 valence electrons. The molecule has 0 aromatic carbocycles. The van der Waals surface area contributed by atoms with Gasteiger partial charge in [0.25, 0.3) is 0 Å². The van der Waals surface area contributed by atoms with Gasteiger partial charge >= 0.3 is 5.97 Å². The van der Waals surface area contributed by atoms with Crippen molar-refractivity contribution in [2.24, 2.45) is 0 Å². The lowest BCUT2D eigenvalue weighted by atomic mass is 10.0. The zero-order valence-corrected chi connectivity index (χ0v) is 12.1. The van der Waals surface area contributed by atoms with Gasteiger partial charge in [-0.05, 0) is 40.0 Å². The summed E-state index contributed by atoms with van der Waals surface area (Å²) in [4.78, 5) is 24.7. The predicted octanol–water partition coefficient (Wildman–Crippen LogP) is 2.05. The monoisotopic (exact) mass is 271 g/mol. The lowest BCUT2D eigenvalue weighted by molar-refractivity contribution is -0.142. The van der Waals surface area contributed by atoms with Crippen LogP contribution in [-0.4, -0.2) is 46.7 Å². The summed E-state index contributed by atoms with van der Waals surface area (Å²) in [5, 5.41) is 8.77. The Labute approximate surface area is 114 Å². The van der Waals surface area contributed by atoms with Crippen molar-refractivity contribution in [2.45, 2.75) is 64.5 Å². The Morgan fingerprint density at radius 1 is 1.32 bits per heavy atom. The molecule has 1 unspecified atom stereocenters. The second-order valence-corrected chi connectivity index (χ2v) is 6.05. The van der Waals surface area contributed by atoms with E-state index in [1.807, 2.05) is 20.8 Å². The van der Waals surface area contributed by atoms with Gasteiger partial charge in [0.15, 0.2) is 0 Å². The molecular weight excluding hydrogens is 246 g/mol. The molecular formula is C14H25NO4. The number of aliphatic carboxylic acids is 1. The summed E-state index contributed by atoms with van der Waals surface area (Å²) in [6.07, 6.45) is 3.42. The molecule has 1 atom stereocenters. The van der Waals surface area contributed by atoms with Crippen LogP contribution >= 0.6 is 0 Å². The van der Waals surface area contributed by atoms with Crippen LogP contribution in [0.1, 0.15) is 52.9 Å². The van der Waals surface area contributed by atoms with Crippen molar-refractivity contribution >= 4 is 11.9 Å². The second-order valence-electron chi connectivity index (χ2n) is 6.05. The third kappa shape index (κ3) is 5.59. The number of hydrogen-bond donors (Lipinski definition) is 1. The smallest absolute Gasteiger partial charge is 0.305 e. The van der Waals surface area contributed by atoms with Crippen LogP contribution in [0.25, 0.3) is 0 Å². The van der Waals surface area contributed by atoms with E-state index in [4.69, 9.17) is 9.84 Å². The van der Waals surface area contributed by atoms with Crippen LogP contribution in [0, 0.1) is 0 Å². The van der Waals surface area contributed by atoms with E-state index in [2.05, 4.69) is 0 Å². The summed E-state index contributed by atoms with van der Waals surface area (Å²) in [5.41, 5.74) is -0.360. The highest BCUT2D eigenvalue weighted by molar-refractivity contribution is 5.78. The Balaban J connectivity index is 2.57. The fourth-order valence-corrected chi connectivity index (χ4v) is 2.32. The number of carboxylic acid groups (broad SMARTS) is 1. The fraction of sp³-hybridized carbons (Fsp3) is 0.857. The average Bonchev–Trinajstić information content (AvgIpc) is 2.28. The van der Waals surface area contributed by atoms with E-state index in [-0.39, 0.29) is 30.5 Å². The number of carbonyl (C=O) groups is 2. The van der Waals surface area contributed by atoms with E-state index in [0.29, 0.717) is 6.42 Å². The molecule has 0 radical (unpaired) electrons. The summed E-state index contributed by atoms with van der Waals surface area (Å²) in [7, 11) is 0. The van der Waals surface area contributed by atoms with Gasteiger partial charge in [-0.2, -0.15) is 0 Å². The van der Waals surface area contributed by atoms with E-state index in [1.54, 1.807) is 4.90 Å². The van der Waals surface area contributed by atoms with Crippen LogP contribution in [0.3, 0.4) is 0 Å². The van der Waals surface area contributed by atoms with Crippen molar-refractivity contribution in [1.82, 2.24) is 4.90 Å². The molecule has 0 aromatic heterocycles. The van der Waals surface area contributed by atoms with Crippen LogP contribution in [-0.2, 0) is 14.3 Å². The van der Waals surface area contributed by atoms with Crippen molar-refractivity contribution in [3.63, 3.8) is 0 Å². The van der Waals surface area contributed by atoms with Crippen molar-refractivity contribution in [2.75, 3.05) is 13.2 Å². The minimum absolute atomic E-state index is 0.00377. The van der Waals surface area contributed by atoms with Gasteiger partial charge in [-0.15, -0.1) is 0 Å². The SMILES string of the molecule is CC(C)(C)N(CCC(=O)O)C(=O)CC1CCCCO1. The highest BCUT2D eigenvalue weighted by atomic mass is 16.5. The molecule has 1 aliphatic heterocycles. The Morgan fingerprint density at radius 2 is 2.00 bits per heavy atom. The van der Waals surface area contributed by atoms with Crippen molar-refractivity contribution < 1.29 is 19.4 Å². The summed E-state index contributed by atoms with van der Waals surface area (Å²) >= 11 is 0. The zero-order valence-electron chi connectivity index (χ0n) is 12.1. The van der Waals surface area contributed by atoms with E-state index in [1.165, 1.54) is 0 Å². The Morgan fingerprint density at radius 3 is 2.47 bits per heavy atom. The van der Waals surface area contributed by atoms with Crippen LogP contribution < -0.4 is 0 Å². The number of carboxylic acids is 1. The van der Waals surface area contributed by atoms with Crippen LogP contribution in [0.4, 0.5) is 0 Å². The first-order valence-electron chi connectivity index (χ1n) is 6.94.